The van der Waals surface area contributed by atoms with Crippen molar-refractivity contribution in [2.45, 2.75) is 23.5 Å². The highest BCUT2D eigenvalue weighted by molar-refractivity contribution is 7.99. The van der Waals surface area contributed by atoms with Crippen LogP contribution in [0.1, 0.15) is 12.8 Å². The third-order valence-corrected chi connectivity index (χ3v) is 3.81. The predicted octanol–water partition coefficient (Wildman–Crippen LogP) is 3.79. The lowest BCUT2D eigenvalue weighted by molar-refractivity contribution is 0.252. The van der Waals surface area contributed by atoms with Crippen LogP contribution >= 0.6 is 24.0 Å². The van der Waals surface area contributed by atoms with Gasteiger partial charge in [0.2, 0.25) is 0 Å². The van der Waals surface area contributed by atoms with Crippen LogP contribution in [0.2, 0.25) is 0 Å². The zero-order valence-corrected chi connectivity index (χ0v) is 11.4. The molecule has 1 saturated heterocycles. The van der Waals surface area contributed by atoms with Gasteiger partial charge in [0, 0.05) is 23.7 Å². The van der Waals surface area contributed by atoms with Crippen molar-refractivity contribution in [2.75, 3.05) is 18.4 Å². The van der Waals surface area contributed by atoms with Gasteiger partial charge in [-0.05, 0) is 49.3 Å². The van der Waals surface area contributed by atoms with E-state index in [1.54, 1.807) is 24.3 Å². The molecule has 1 N–H and O–H groups in total. The van der Waals surface area contributed by atoms with E-state index in [0.717, 1.165) is 18.8 Å². The first-order valence-corrected chi connectivity index (χ1v) is 7.05. The molecule has 2 rings (SSSR count). The molecule has 1 aromatic carbocycles. The van der Waals surface area contributed by atoms with E-state index < -0.39 is 5.76 Å². The molecule has 0 spiro atoms. The van der Waals surface area contributed by atoms with E-state index in [4.69, 9.17) is 12.2 Å². The highest BCUT2D eigenvalue weighted by Gasteiger charge is 2.14. The van der Waals surface area contributed by atoms with Gasteiger partial charge < -0.3 is 10.2 Å². The Bertz CT molecular complexity index is 403. The molecule has 0 unspecified atom stereocenters. The molecule has 98 valence electrons. The molecule has 0 saturated carbocycles. The van der Waals surface area contributed by atoms with Crippen molar-refractivity contribution in [1.29, 1.82) is 0 Å². The van der Waals surface area contributed by atoms with Gasteiger partial charge in [0.1, 0.15) is 0 Å². The average molecular weight is 288 g/mol. The lowest BCUT2D eigenvalue weighted by Gasteiger charge is -2.19. The van der Waals surface area contributed by atoms with Gasteiger partial charge in [-0.15, -0.1) is 0 Å². The molecule has 0 aliphatic carbocycles. The number of thioether (sulfide) groups is 1. The Balaban J connectivity index is 1.91. The largest absolute Gasteiger partial charge is 0.349 e. The molecule has 0 bridgehead atoms. The minimum atomic E-state index is -2.38. The summed E-state index contributed by atoms with van der Waals surface area (Å²) >= 11 is 5.84. The number of likely N-dealkylation sites (tertiary alicyclic amines) is 1. The molecule has 1 aliphatic heterocycles. The Morgan fingerprint density at radius 1 is 1.22 bits per heavy atom. The van der Waals surface area contributed by atoms with Gasteiger partial charge in [-0.1, -0.05) is 11.8 Å². The topological polar surface area (TPSA) is 15.3 Å². The molecular weight excluding hydrogens is 274 g/mol. The lowest BCUT2D eigenvalue weighted by Crippen LogP contribution is -2.31. The maximum Gasteiger partial charge on any atom is 0.288 e. The van der Waals surface area contributed by atoms with E-state index in [1.165, 1.54) is 12.8 Å². The smallest absolute Gasteiger partial charge is 0.288 e. The van der Waals surface area contributed by atoms with Gasteiger partial charge in [0.15, 0.2) is 5.11 Å². The Labute approximate surface area is 115 Å². The van der Waals surface area contributed by atoms with Crippen LogP contribution < -0.4 is 5.32 Å². The zero-order chi connectivity index (χ0) is 13.0. The van der Waals surface area contributed by atoms with Crippen LogP contribution in [0.3, 0.4) is 0 Å². The number of nitrogens with zero attached hydrogens (tertiary/aromatic N) is 1. The summed E-state index contributed by atoms with van der Waals surface area (Å²) in [6, 6.07) is 6.89. The average Bonchev–Trinajstić information content (AvgIpc) is 2.84. The minimum Gasteiger partial charge on any atom is -0.349 e. The number of halogens is 2. The van der Waals surface area contributed by atoms with Crippen LogP contribution in [-0.4, -0.2) is 28.9 Å². The third kappa shape index (κ3) is 3.81. The minimum absolute atomic E-state index is 0.547. The summed E-state index contributed by atoms with van der Waals surface area (Å²) in [6.45, 7) is 1.98. The van der Waals surface area contributed by atoms with Crippen LogP contribution in [0.15, 0.2) is 29.2 Å². The summed E-state index contributed by atoms with van der Waals surface area (Å²) in [6.07, 6.45) is 2.34. The number of benzene rings is 1. The second kappa shape index (κ2) is 6.33. The van der Waals surface area contributed by atoms with Crippen LogP contribution in [0.5, 0.6) is 0 Å². The standard InChI is InChI=1S/C12H14F2N2S2/c13-11(14)18-10-5-3-9(4-6-10)15-12(17)16-7-1-2-8-16/h3-6,11H,1-2,7-8H2,(H,15,17). The van der Waals surface area contributed by atoms with Crippen molar-refractivity contribution >= 4 is 34.8 Å². The summed E-state index contributed by atoms with van der Waals surface area (Å²) in [4.78, 5) is 2.68. The number of thiocarbonyl (C=S) groups is 1. The third-order valence-electron chi connectivity index (χ3n) is 2.72. The van der Waals surface area contributed by atoms with E-state index in [9.17, 15) is 8.78 Å². The van der Waals surface area contributed by atoms with Crippen molar-refractivity contribution in [3.05, 3.63) is 24.3 Å². The van der Waals surface area contributed by atoms with Crippen LogP contribution in [0.4, 0.5) is 14.5 Å². The normalized spacial score (nSPS) is 15.2. The Kier molecular flexibility index (Phi) is 4.77. The second-order valence-electron chi connectivity index (χ2n) is 4.03. The van der Waals surface area contributed by atoms with Crippen LogP contribution in [0.25, 0.3) is 0 Å². The fraction of sp³-hybridized carbons (Fsp3) is 0.417. The molecule has 1 aromatic rings. The Morgan fingerprint density at radius 2 is 1.83 bits per heavy atom. The molecule has 1 heterocycles. The summed E-state index contributed by atoms with van der Waals surface area (Å²) in [5.41, 5.74) is 0.838. The highest BCUT2D eigenvalue weighted by atomic mass is 32.2. The fourth-order valence-electron chi connectivity index (χ4n) is 1.84. The van der Waals surface area contributed by atoms with Crippen molar-refractivity contribution in [1.82, 2.24) is 4.90 Å². The number of alkyl halides is 2. The molecule has 18 heavy (non-hydrogen) atoms. The molecule has 0 aromatic heterocycles. The van der Waals surface area contributed by atoms with Crippen LogP contribution in [0, 0.1) is 0 Å². The van der Waals surface area contributed by atoms with Gasteiger partial charge >= 0.3 is 0 Å². The SMILES string of the molecule is FC(F)Sc1ccc(NC(=S)N2CCCC2)cc1. The number of hydrogen-bond acceptors (Lipinski definition) is 2. The summed E-state index contributed by atoms with van der Waals surface area (Å²) < 4.78 is 24.3. The monoisotopic (exact) mass is 288 g/mol. The maximum atomic E-state index is 12.2. The van der Waals surface area contributed by atoms with Gasteiger partial charge in [0.25, 0.3) is 5.76 Å². The summed E-state index contributed by atoms with van der Waals surface area (Å²) in [5.74, 6) is -2.38. The van der Waals surface area contributed by atoms with E-state index in [-0.39, 0.29) is 0 Å². The molecule has 0 amide bonds. The number of anilines is 1. The van der Waals surface area contributed by atoms with E-state index in [2.05, 4.69) is 10.2 Å². The van der Waals surface area contributed by atoms with Gasteiger partial charge in [-0.25, -0.2) is 0 Å². The number of hydrogen-bond donors (Lipinski definition) is 1. The van der Waals surface area contributed by atoms with Gasteiger partial charge in [-0.3, -0.25) is 0 Å². The second-order valence-corrected chi connectivity index (χ2v) is 5.48. The van der Waals surface area contributed by atoms with Crippen molar-refractivity contribution in [2.24, 2.45) is 0 Å². The van der Waals surface area contributed by atoms with E-state index in [0.29, 0.717) is 21.8 Å². The van der Waals surface area contributed by atoms with Crippen molar-refractivity contribution in [3.8, 4) is 0 Å². The molecule has 0 atom stereocenters. The summed E-state index contributed by atoms with van der Waals surface area (Å²) in [7, 11) is 0. The van der Waals surface area contributed by atoms with Crippen LogP contribution in [-0.2, 0) is 0 Å². The van der Waals surface area contributed by atoms with Crippen molar-refractivity contribution < 1.29 is 8.78 Å². The molecule has 2 nitrogen and oxygen atoms in total. The van der Waals surface area contributed by atoms with Gasteiger partial charge in [-0.2, -0.15) is 8.78 Å². The molecule has 1 fully saturated rings. The lowest BCUT2D eigenvalue weighted by atomic mass is 10.3. The first kappa shape index (κ1) is 13.5. The number of nitrogens with one attached hydrogen (secondary N) is 1. The fourth-order valence-corrected chi connectivity index (χ4v) is 2.64. The summed E-state index contributed by atoms with van der Waals surface area (Å²) in [5, 5.41) is 3.83. The molecule has 1 aliphatic rings. The first-order chi connectivity index (χ1) is 8.65. The predicted molar refractivity (Wildman–Crippen MR) is 75.3 cm³/mol. The van der Waals surface area contributed by atoms with E-state index in [1.807, 2.05) is 0 Å². The molecular formula is C12H14F2N2S2. The molecule has 0 radical (unpaired) electrons. The zero-order valence-electron chi connectivity index (χ0n) is 9.73. The molecule has 6 heteroatoms. The maximum absolute atomic E-state index is 12.2. The van der Waals surface area contributed by atoms with Crippen molar-refractivity contribution in [3.63, 3.8) is 0 Å². The Hall–Kier alpha value is -0.880. The number of rotatable bonds is 3. The van der Waals surface area contributed by atoms with E-state index >= 15 is 0 Å². The quantitative estimate of drug-likeness (QED) is 0.672. The van der Waals surface area contributed by atoms with Gasteiger partial charge in [0.05, 0.1) is 0 Å². The first-order valence-electron chi connectivity index (χ1n) is 5.76. The Morgan fingerprint density at radius 3 is 2.39 bits per heavy atom. The highest BCUT2D eigenvalue weighted by Crippen LogP contribution is 2.26.